The molecular formula is C23H21N5O. The number of benzene rings is 2. The van der Waals surface area contributed by atoms with Crippen molar-refractivity contribution in [3.63, 3.8) is 0 Å². The highest BCUT2D eigenvalue weighted by Gasteiger charge is 2.09. The molecule has 2 aromatic carbocycles. The molecule has 3 N–H and O–H groups in total. The largest absolute Gasteiger partial charge is 0.325 e. The third-order valence-corrected chi connectivity index (χ3v) is 4.58. The number of amides is 1. The van der Waals surface area contributed by atoms with Gasteiger partial charge in [-0.1, -0.05) is 23.8 Å². The standard InChI is InChI=1S/C23H21N5O/c1-15-5-3-6-17(11-15)22(29)26-19-9-8-16(2)20(12-19)27-23-25-14-21(28-23)18-7-4-10-24-13-18/h3-14H,1-2H3,(H,26,29)(H2,25,27,28). The van der Waals surface area contributed by atoms with Crippen molar-refractivity contribution in [2.45, 2.75) is 13.8 Å². The van der Waals surface area contributed by atoms with Gasteiger partial charge in [0.05, 0.1) is 11.9 Å². The van der Waals surface area contributed by atoms with Gasteiger partial charge in [0.2, 0.25) is 5.95 Å². The van der Waals surface area contributed by atoms with Gasteiger partial charge < -0.3 is 15.6 Å². The van der Waals surface area contributed by atoms with E-state index in [-0.39, 0.29) is 5.91 Å². The van der Waals surface area contributed by atoms with Crippen LogP contribution >= 0.6 is 0 Å². The maximum Gasteiger partial charge on any atom is 0.255 e. The summed E-state index contributed by atoms with van der Waals surface area (Å²) in [6, 6.07) is 17.1. The number of nitrogens with zero attached hydrogens (tertiary/aromatic N) is 2. The molecular weight excluding hydrogens is 362 g/mol. The first-order valence-corrected chi connectivity index (χ1v) is 9.29. The zero-order valence-electron chi connectivity index (χ0n) is 16.2. The van der Waals surface area contributed by atoms with E-state index in [0.717, 1.165) is 28.1 Å². The van der Waals surface area contributed by atoms with E-state index in [1.165, 1.54) is 0 Å². The van der Waals surface area contributed by atoms with Crippen molar-refractivity contribution >= 4 is 23.2 Å². The SMILES string of the molecule is Cc1cccc(C(=O)Nc2ccc(C)c(Nc3ncc(-c4cccnc4)[nH]3)c2)c1. The molecule has 0 radical (unpaired) electrons. The van der Waals surface area contributed by atoms with Crippen LogP contribution in [-0.2, 0) is 0 Å². The molecule has 0 bridgehead atoms. The van der Waals surface area contributed by atoms with Crippen LogP contribution in [0.4, 0.5) is 17.3 Å². The number of carbonyl (C=O) groups is 1. The van der Waals surface area contributed by atoms with Crippen molar-refractivity contribution in [1.29, 1.82) is 0 Å². The third kappa shape index (κ3) is 4.32. The van der Waals surface area contributed by atoms with Crippen molar-refractivity contribution in [2.75, 3.05) is 10.6 Å². The summed E-state index contributed by atoms with van der Waals surface area (Å²) in [6.45, 7) is 3.97. The number of aryl methyl sites for hydroxylation is 2. The third-order valence-electron chi connectivity index (χ3n) is 4.58. The lowest BCUT2D eigenvalue weighted by Crippen LogP contribution is -2.12. The summed E-state index contributed by atoms with van der Waals surface area (Å²) < 4.78 is 0. The fourth-order valence-corrected chi connectivity index (χ4v) is 3.01. The van der Waals surface area contributed by atoms with Crippen LogP contribution in [0, 0.1) is 13.8 Å². The molecule has 0 spiro atoms. The molecule has 1 amide bonds. The van der Waals surface area contributed by atoms with Crippen LogP contribution < -0.4 is 10.6 Å². The van der Waals surface area contributed by atoms with Crippen LogP contribution in [0.15, 0.2) is 73.2 Å². The second-order valence-electron chi connectivity index (χ2n) is 6.87. The number of H-pyrrole nitrogens is 1. The van der Waals surface area contributed by atoms with Crippen LogP contribution in [-0.4, -0.2) is 20.9 Å². The van der Waals surface area contributed by atoms with E-state index in [4.69, 9.17) is 0 Å². The van der Waals surface area contributed by atoms with Crippen LogP contribution in [0.3, 0.4) is 0 Å². The summed E-state index contributed by atoms with van der Waals surface area (Å²) in [7, 11) is 0. The molecule has 0 aliphatic rings. The van der Waals surface area contributed by atoms with Crippen LogP contribution in [0.1, 0.15) is 21.5 Å². The van der Waals surface area contributed by atoms with E-state index in [2.05, 4.69) is 25.6 Å². The van der Waals surface area contributed by atoms with E-state index in [1.807, 2.05) is 62.4 Å². The van der Waals surface area contributed by atoms with Gasteiger partial charge in [-0.05, 0) is 55.8 Å². The van der Waals surface area contributed by atoms with E-state index in [9.17, 15) is 4.79 Å². The Bertz CT molecular complexity index is 1150. The van der Waals surface area contributed by atoms with Crippen molar-refractivity contribution in [1.82, 2.24) is 15.0 Å². The molecule has 0 saturated carbocycles. The lowest BCUT2D eigenvalue weighted by molar-refractivity contribution is 0.102. The smallest absolute Gasteiger partial charge is 0.255 e. The van der Waals surface area contributed by atoms with Crippen molar-refractivity contribution in [2.24, 2.45) is 0 Å². The average Bonchev–Trinajstić information content (AvgIpc) is 3.20. The molecule has 0 unspecified atom stereocenters. The van der Waals surface area contributed by atoms with Gasteiger partial charge in [-0.3, -0.25) is 9.78 Å². The molecule has 0 fully saturated rings. The first kappa shape index (κ1) is 18.4. The Morgan fingerprint density at radius 1 is 1.00 bits per heavy atom. The summed E-state index contributed by atoms with van der Waals surface area (Å²) >= 11 is 0. The molecule has 0 atom stereocenters. The summed E-state index contributed by atoms with van der Waals surface area (Å²) in [4.78, 5) is 24.3. The summed E-state index contributed by atoms with van der Waals surface area (Å²) in [5.74, 6) is 0.481. The second-order valence-corrected chi connectivity index (χ2v) is 6.87. The van der Waals surface area contributed by atoms with Gasteiger partial charge in [0.1, 0.15) is 0 Å². The van der Waals surface area contributed by atoms with Crippen molar-refractivity contribution in [3.8, 4) is 11.3 Å². The minimum Gasteiger partial charge on any atom is -0.325 e. The molecule has 0 aliphatic carbocycles. The fourth-order valence-electron chi connectivity index (χ4n) is 3.01. The van der Waals surface area contributed by atoms with E-state index in [0.29, 0.717) is 17.2 Å². The highest BCUT2D eigenvalue weighted by molar-refractivity contribution is 6.04. The van der Waals surface area contributed by atoms with E-state index >= 15 is 0 Å². The molecule has 144 valence electrons. The Labute approximate surface area is 169 Å². The Morgan fingerprint density at radius 2 is 1.90 bits per heavy atom. The molecule has 6 nitrogen and oxygen atoms in total. The molecule has 6 heteroatoms. The highest BCUT2D eigenvalue weighted by Crippen LogP contribution is 2.25. The van der Waals surface area contributed by atoms with E-state index in [1.54, 1.807) is 24.7 Å². The normalized spacial score (nSPS) is 10.6. The Balaban J connectivity index is 1.52. The van der Waals surface area contributed by atoms with Gasteiger partial charge in [0.25, 0.3) is 5.91 Å². The van der Waals surface area contributed by atoms with Crippen LogP contribution in [0.2, 0.25) is 0 Å². The fraction of sp³-hybridized carbons (Fsp3) is 0.0870. The number of anilines is 3. The van der Waals surface area contributed by atoms with Gasteiger partial charge >= 0.3 is 0 Å². The zero-order chi connectivity index (χ0) is 20.2. The van der Waals surface area contributed by atoms with Crippen molar-refractivity contribution in [3.05, 3.63) is 89.9 Å². The number of hydrogen-bond donors (Lipinski definition) is 3. The van der Waals surface area contributed by atoms with Crippen LogP contribution in [0.5, 0.6) is 0 Å². The van der Waals surface area contributed by atoms with Gasteiger partial charge in [0, 0.05) is 34.9 Å². The second kappa shape index (κ2) is 7.98. The molecule has 4 rings (SSSR count). The minimum atomic E-state index is -0.139. The quantitative estimate of drug-likeness (QED) is 0.449. The van der Waals surface area contributed by atoms with Crippen molar-refractivity contribution < 1.29 is 4.79 Å². The van der Waals surface area contributed by atoms with Gasteiger partial charge in [-0.15, -0.1) is 0 Å². The molecule has 0 saturated heterocycles. The first-order valence-electron chi connectivity index (χ1n) is 9.29. The average molecular weight is 383 g/mol. The zero-order valence-corrected chi connectivity index (χ0v) is 16.2. The molecule has 0 aliphatic heterocycles. The predicted molar refractivity (Wildman–Crippen MR) is 115 cm³/mol. The summed E-state index contributed by atoms with van der Waals surface area (Å²) in [5, 5.41) is 6.24. The highest BCUT2D eigenvalue weighted by atomic mass is 16.1. The molecule has 2 heterocycles. The summed E-state index contributed by atoms with van der Waals surface area (Å²) in [6.07, 6.45) is 5.28. The molecule has 29 heavy (non-hydrogen) atoms. The minimum absolute atomic E-state index is 0.139. The maximum atomic E-state index is 12.5. The lowest BCUT2D eigenvalue weighted by Gasteiger charge is -2.11. The van der Waals surface area contributed by atoms with Gasteiger partial charge in [-0.25, -0.2) is 4.98 Å². The predicted octanol–water partition coefficient (Wildman–Crippen LogP) is 5.08. The number of aromatic nitrogens is 3. The number of pyridine rings is 1. The van der Waals surface area contributed by atoms with E-state index < -0.39 is 0 Å². The monoisotopic (exact) mass is 383 g/mol. The lowest BCUT2D eigenvalue weighted by atomic mass is 10.1. The maximum absolute atomic E-state index is 12.5. The van der Waals surface area contributed by atoms with Gasteiger partial charge in [0.15, 0.2) is 0 Å². The number of carbonyl (C=O) groups excluding carboxylic acids is 1. The Morgan fingerprint density at radius 3 is 2.69 bits per heavy atom. The Hall–Kier alpha value is -3.93. The Kier molecular flexibility index (Phi) is 5.07. The topological polar surface area (TPSA) is 82.7 Å². The first-order chi connectivity index (χ1) is 14.1. The number of hydrogen-bond acceptors (Lipinski definition) is 4. The van der Waals surface area contributed by atoms with Gasteiger partial charge in [-0.2, -0.15) is 0 Å². The molecule has 4 aromatic rings. The number of imidazole rings is 1. The molecule has 2 aromatic heterocycles. The number of rotatable bonds is 5. The number of aromatic amines is 1. The number of nitrogens with one attached hydrogen (secondary N) is 3. The van der Waals surface area contributed by atoms with Crippen LogP contribution in [0.25, 0.3) is 11.3 Å². The summed E-state index contributed by atoms with van der Waals surface area (Å²) in [5.41, 5.74) is 6.13.